The Labute approximate surface area is 146 Å². The van der Waals surface area contributed by atoms with Gasteiger partial charge in [0.25, 0.3) is 0 Å². The van der Waals surface area contributed by atoms with E-state index in [-0.39, 0.29) is 0 Å². The zero-order valence-corrected chi connectivity index (χ0v) is 16.1. The summed E-state index contributed by atoms with van der Waals surface area (Å²) < 4.78 is 0. The standard InChI is InChI=1S/C23H42/c1-3-8-23(21-14-7-15-21)22(16-5-11-19-9-4-10-19)17-18(2)20-12-6-13-20/h18-23H,3-17H2,1-2H3. The molecule has 0 spiro atoms. The van der Waals surface area contributed by atoms with Crippen molar-refractivity contribution >= 4 is 0 Å². The Morgan fingerprint density at radius 2 is 1.48 bits per heavy atom. The fourth-order valence-corrected chi connectivity index (χ4v) is 5.69. The van der Waals surface area contributed by atoms with Gasteiger partial charge in [0.15, 0.2) is 0 Å². The highest BCUT2D eigenvalue weighted by Gasteiger charge is 2.35. The summed E-state index contributed by atoms with van der Waals surface area (Å²) >= 11 is 0. The van der Waals surface area contributed by atoms with Gasteiger partial charge in [-0.2, -0.15) is 0 Å². The average Bonchev–Trinajstić information content (AvgIpc) is 2.35. The Morgan fingerprint density at radius 1 is 0.826 bits per heavy atom. The molecule has 3 unspecified atom stereocenters. The monoisotopic (exact) mass is 318 g/mol. The second-order valence-electron chi connectivity index (χ2n) is 9.54. The molecule has 3 aliphatic rings. The summed E-state index contributed by atoms with van der Waals surface area (Å²) in [6.45, 7) is 5.01. The van der Waals surface area contributed by atoms with Gasteiger partial charge in [0.2, 0.25) is 0 Å². The van der Waals surface area contributed by atoms with Crippen molar-refractivity contribution < 1.29 is 0 Å². The molecular formula is C23H42. The molecule has 3 atom stereocenters. The number of hydrogen-bond acceptors (Lipinski definition) is 0. The van der Waals surface area contributed by atoms with E-state index in [9.17, 15) is 0 Å². The number of rotatable bonds is 11. The van der Waals surface area contributed by atoms with E-state index in [1.807, 2.05) is 0 Å². The summed E-state index contributed by atoms with van der Waals surface area (Å²) in [6.07, 6.45) is 23.0. The second kappa shape index (κ2) is 8.91. The van der Waals surface area contributed by atoms with E-state index in [0.29, 0.717) is 0 Å². The summed E-state index contributed by atoms with van der Waals surface area (Å²) in [4.78, 5) is 0. The maximum absolute atomic E-state index is 2.59. The molecule has 0 radical (unpaired) electrons. The van der Waals surface area contributed by atoms with Gasteiger partial charge in [-0.1, -0.05) is 104 Å². The molecule has 0 saturated heterocycles. The molecule has 0 aromatic heterocycles. The second-order valence-corrected chi connectivity index (χ2v) is 9.54. The quantitative estimate of drug-likeness (QED) is 0.367. The van der Waals surface area contributed by atoms with Crippen molar-refractivity contribution in [1.29, 1.82) is 0 Å². The molecule has 3 rings (SSSR count). The molecule has 0 heterocycles. The zero-order valence-electron chi connectivity index (χ0n) is 16.1. The average molecular weight is 319 g/mol. The lowest BCUT2D eigenvalue weighted by atomic mass is 9.64. The minimum atomic E-state index is 1.01. The molecular weight excluding hydrogens is 276 g/mol. The third kappa shape index (κ3) is 4.76. The van der Waals surface area contributed by atoms with Crippen LogP contribution in [0.1, 0.15) is 110 Å². The first kappa shape index (κ1) is 17.8. The molecule has 0 heteroatoms. The highest BCUT2D eigenvalue weighted by molar-refractivity contribution is 4.86. The van der Waals surface area contributed by atoms with Crippen LogP contribution in [0.5, 0.6) is 0 Å². The van der Waals surface area contributed by atoms with Crippen LogP contribution in [-0.2, 0) is 0 Å². The van der Waals surface area contributed by atoms with Crippen molar-refractivity contribution in [3.63, 3.8) is 0 Å². The van der Waals surface area contributed by atoms with Crippen LogP contribution in [0.2, 0.25) is 0 Å². The Kier molecular flexibility index (Phi) is 6.90. The lowest BCUT2D eigenvalue weighted by molar-refractivity contribution is 0.0880. The Balaban J connectivity index is 1.52. The molecule has 0 bridgehead atoms. The fraction of sp³-hybridized carbons (Fsp3) is 1.00. The molecule has 0 aromatic rings. The van der Waals surface area contributed by atoms with E-state index in [4.69, 9.17) is 0 Å². The van der Waals surface area contributed by atoms with Gasteiger partial charge in [0.1, 0.15) is 0 Å². The topological polar surface area (TPSA) is 0 Å². The van der Waals surface area contributed by atoms with E-state index in [1.54, 1.807) is 51.4 Å². The van der Waals surface area contributed by atoms with Crippen LogP contribution in [0.3, 0.4) is 0 Å². The normalized spacial score (nSPS) is 26.9. The van der Waals surface area contributed by atoms with Gasteiger partial charge >= 0.3 is 0 Å². The predicted molar refractivity (Wildman–Crippen MR) is 102 cm³/mol. The lowest BCUT2D eigenvalue weighted by Gasteiger charge is -2.42. The van der Waals surface area contributed by atoms with Crippen LogP contribution >= 0.6 is 0 Å². The fourth-order valence-electron chi connectivity index (χ4n) is 5.69. The minimum absolute atomic E-state index is 1.01. The van der Waals surface area contributed by atoms with Crippen molar-refractivity contribution in [2.75, 3.05) is 0 Å². The zero-order chi connectivity index (χ0) is 16.1. The van der Waals surface area contributed by atoms with E-state index >= 15 is 0 Å². The van der Waals surface area contributed by atoms with Gasteiger partial charge in [0.05, 0.1) is 0 Å². The van der Waals surface area contributed by atoms with E-state index in [2.05, 4.69) is 13.8 Å². The molecule has 0 N–H and O–H groups in total. The summed E-state index contributed by atoms with van der Waals surface area (Å²) in [7, 11) is 0. The summed E-state index contributed by atoms with van der Waals surface area (Å²) in [6, 6.07) is 0. The van der Waals surface area contributed by atoms with Gasteiger partial charge in [0, 0.05) is 0 Å². The molecule has 0 aliphatic heterocycles. The Morgan fingerprint density at radius 3 is 1.96 bits per heavy atom. The Bertz CT molecular complexity index is 321. The first-order chi connectivity index (χ1) is 11.3. The van der Waals surface area contributed by atoms with Crippen LogP contribution in [0.4, 0.5) is 0 Å². The summed E-state index contributed by atoms with van der Waals surface area (Å²) in [5.74, 6) is 6.48. The van der Waals surface area contributed by atoms with Gasteiger partial charge in [-0.05, 0) is 41.9 Å². The molecule has 3 aliphatic carbocycles. The van der Waals surface area contributed by atoms with E-state index < -0.39 is 0 Å². The van der Waals surface area contributed by atoms with Gasteiger partial charge in [-0.25, -0.2) is 0 Å². The van der Waals surface area contributed by atoms with Crippen LogP contribution < -0.4 is 0 Å². The Hall–Kier alpha value is 0. The molecule has 3 fully saturated rings. The molecule has 0 aromatic carbocycles. The molecule has 134 valence electrons. The maximum atomic E-state index is 2.59. The predicted octanol–water partition coefficient (Wildman–Crippen LogP) is 7.62. The van der Waals surface area contributed by atoms with E-state index in [1.165, 1.54) is 44.9 Å². The van der Waals surface area contributed by atoms with Crippen molar-refractivity contribution in [2.45, 2.75) is 110 Å². The molecule has 0 nitrogen and oxygen atoms in total. The van der Waals surface area contributed by atoms with Gasteiger partial charge in [-0.3, -0.25) is 0 Å². The summed E-state index contributed by atoms with van der Waals surface area (Å²) in [5.41, 5.74) is 0. The van der Waals surface area contributed by atoms with Crippen LogP contribution in [0.15, 0.2) is 0 Å². The minimum Gasteiger partial charge on any atom is -0.0654 e. The maximum Gasteiger partial charge on any atom is -0.0357 e. The van der Waals surface area contributed by atoms with Gasteiger partial charge < -0.3 is 0 Å². The smallest absolute Gasteiger partial charge is 0.0357 e. The SMILES string of the molecule is CCCC(C1CCC1)C(CCCC1CCC1)CC(C)C1CCC1. The van der Waals surface area contributed by atoms with Crippen molar-refractivity contribution in [2.24, 2.45) is 35.5 Å². The third-order valence-corrected chi connectivity index (χ3v) is 8.02. The molecule has 0 amide bonds. The van der Waals surface area contributed by atoms with Crippen molar-refractivity contribution in [3.05, 3.63) is 0 Å². The lowest BCUT2D eigenvalue weighted by Crippen LogP contribution is -2.31. The van der Waals surface area contributed by atoms with Gasteiger partial charge in [-0.15, -0.1) is 0 Å². The number of hydrogen-bond donors (Lipinski definition) is 0. The van der Waals surface area contributed by atoms with Crippen LogP contribution in [0.25, 0.3) is 0 Å². The third-order valence-electron chi connectivity index (χ3n) is 8.02. The van der Waals surface area contributed by atoms with E-state index in [0.717, 1.165) is 35.5 Å². The van der Waals surface area contributed by atoms with Crippen molar-refractivity contribution in [1.82, 2.24) is 0 Å². The molecule has 23 heavy (non-hydrogen) atoms. The highest BCUT2D eigenvalue weighted by Crippen LogP contribution is 2.46. The van der Waals surface area contributed by atoms with Crippen LogP contribution in [0, 0.1) is 35.5 Å². The molecule has 3 saturated carbocycles. The summed E-state index contributed by atoms with van der Waals surface area (Å²) in [5, 5.41) is 0. The highest BCUT2D eigenvalue weighted by atomic mass is 14.4. The first-order valence-corrected chi connectivity index (χ1v) is 11.3. The van der Waals surface area contributed by atoms with Crippen molar-refractivity contribution in [3.8, 4) is 0 Å². The van der Waals surface area contributed by atoms with Crippen LogP contribution in [-0.4, -0.2) is 0 Å². The first-order valence-electron chi connectivity index (χ1n) is 11.3. The largest absolute Gasteiger partial charge is 0.0654 e.